The molecule has 0 bridgehead atoms. The lowest BCUT2D eigenvalue weighted by Gasteiger charge is -2.24. The van der Waals surface area contributed by atoms with Crippen molar-refractivity contribution in [2.75, 3.05) is 41.3 Å². The first-order valence-electron chi connectivity index (χ1n) is 6.57. The van der Waals surface area contributed by atoms with Gasteiger partial charge in [-0.25, -0.2) is 0 Å². The summed E-state index contributed by atoms with van der Waals surface area (Å²) >= 11 is 0. The van der Waals surface area contributed by atoms with Gasteiger partial charge >= 0.3 is 0 Å². The van der Waals surface area contributed by atoms with E-state index in [1.165, 1.54) is 6.20 Å². The number of likely N-dealkylation sites (N-methyl/N-ethyl adjacent to an activating group) is 1. The fraction of sp³-hybridized carbons (Fsp3) is 0.500. The van der Waals surface area contributed by atoms with Gasteiger partial charge in [-0.15, -0.1) is 4.91 Å². The molecule has 1 aliphatic heterocycles. The van der Waals surface area contributed by atoms with E-state index in [2.05, 4.69) is 31.6 Å². The zero-order chi connectivity index (χ0) is 15.2. The molecule has 1 amide bonds. The van der Waals surface area contributed by atoms with Crippen molar-refractivity contribution in [3.05, 3.63) is 40.7 Å². The van der Waals surface area contributed by atoms with Gasteiger partial charge in [0.05, 0.1) is 45.2 Å². The number of carbonyl (C=O) groups is 1. The number of allylic oxidation sites excluding steroid dienone is 1. The summed E-state index contributed by atoms with van der Waals surface area (Å²) in [6.07, 6.45) is 7.21. The predicted molar refractivity (Wildman–Crippen MR) is 79.4 cm³/mol. The minimum absolute atomic E-state index is 0.104. The maximum absolute atomic E-state index is 12.0. The molecule has 6 nitrogen and oxygen atoms in total. The number of nitroso groups, excluding NO2 is 1. The van der Waals surface area contributed by atoms with E-state index in [-0.39, 0.29) is 5.91 Å². The summed E-state index contributed by atoms with van der Waals surface area (Å²) in [5, 5.41) is 5.62. The molecule has 0 aromatic heterocycles. The molecule has 6 heteroatoms. The third kappa shape index (κ3) is 5.36. The zero-order valence-corrected chi connectivity index (χ0v) is 12.6. The molecule has 0 atom stereocenters. The second kappa shape index (κ2) is 7.00. The summed E-state index contributed by atoms with van der Waals surface area (Å²) in [4.78, 5) is 23.9. The van der Waals surface area contributed by atoms with Gasteiger partial charge in [-0.2, -0.15) is 0 Å². The van der Waals surface area contributed by atoms with Crippen LogP contribution in [0, 0.1) is 4.91 Å². The Kier molecular flexibility index (Phi) is 5.64. The van der Waals surface area contributed by atoms with Crippen LogP contribution in [0.25, 0.3) is 0 Å². The van der Waals surface area contributed by atoms with Crippen molar-refractivity contribution in [3.63, 3.8) is 0 Å². The fourth-order valence-electron chi connectivity index (χ4n) is 1.80. The third-order valence-corrected chi connectivity index (χ3v) is 2.91. The van der Waals surface area contributed by atoms with Crippen LogP contribution in [-0.4, -0.2) is 56.6 Å². The molecular weight excluding hydrogens is 256 g/mol. The summed E-state index contributed by atoms with van der Waals surface area (Å²) in [6.45, 7) is 1.66. The van der Waals surface area contributed by atoms with Crippen molar-refractivity contribution >= 4 is 5.91 Å². The topological polar surface area (TPSA) is 61.8 Å². The van der Waals surface area contributed by atoms with E-state index in [1.54, 1.807) is 30.3 Å². The number of hydrogen-bond donors (Lipinski definition) is 1. The van der Waals surface area contributed by atoms with Crippen LogP contribution in [0.3, 0.4) is 0 Å². The average Bonchev–Trinajstić information content (AvgIpc) is 2.36. The van der Waals surface area contributed by atoms with Crippen molar-refractivity contribution in [2.24, 2.45) is 5.18 Å². The molecule has 0 fully saturated rings. The summed E-state index contributed by atoms with van der Waals surface area (Å²) in [5.74, 6) is -0.104. The molecule has 0 unspecified atom stereocenters. The van der Waals surface area contributed by atoms with Crippen LogP contribution >= 0.6 is 0 Å². The minimum atomic E-state index is -0.104. The molecule has 1 heterocycles. The van der Waals surface area contributed by atoms with Crippen LogP contribution in [0.5, 0.6) is 0 Å². The Labute approximate surface area is 120 Å². The largest absolute Gasteiger partial charge is 0.352 e. The lowest BCUT2D eigenvalue weighted by Crippen LogP contribution is -2.37. The quantitative estimate of drug-likeness (QED) is 0.451. The van der Waals surface area contributed by atoms with Crippen molar-refractivity contribution in [1.82, 2.24) is 10.2 Å². The molecule has 0 aliphatic carbocycles. The van der Waals surface area contributed by atoms with Gasteiger partial charge in [0.15, 0.2) is 0 Å². The fourth-order valence-corrected chi connectivity index (χ4v) is 1.80. The number of hydrogen-bond acceptors (Lipinski definition) is 4. The van der Waals surface area contributed by atoms with Crippen molar-refractivity contribution in [1.29, 1.82) is 0 Å². The maximum Gasteiger partial charge on any atom is 0.252 e. The van der Waals surface area contributed by atoms with Crippen LogP contribution in [0.4, 0.5) is 0 Å². The molecule has 0 saturated heterocycles. The monoisotopic (exact) mass is 279 g/mol. The molecule has 0 aromatic carbocycles. The Morgan fingerprint density at radius 1 is 1.40 bits per heavy atom. The summed E-state index contributed by atoms with van der Waals surface area (Å²) in [5.41, 5.74) is 1.22. The summed E-state index contributed by atoms with van der Waals surface area (Å²) < 4.78 is 0.883. The molecule has 110 valence electrons. The molecule has 0 radical (unpaired) electrons. The highest BCUT2D eigenvalue weighted by molar-refractivity contribution is 5.96. The molecule has 0 spiro atoms. The van der Waals surface area contributed by atoms with Gasteiger partial charge in [0.1, 0.15) is 0 Å². The maximum atomic E-state index is 12.0. The average molecular weight is 279 g/mol. The Balaban J connectivity index is 2.46. The van der Waals surface area contributed by atoms with Gasteiger partial charge in [-0.3, -0.25) is 4.79 Å². The number of amides is 1. The molecule has 20 heavy (non-hydrogen) atoms. The highest BCUT2D eigenvalue weighted by atomic mass is 16.2. The molecule has 1 rings (SSSR count). The normalized spacial score (nSPS) is 17.1. The molecule has 1 aliphatic rings. The lowest BCUT2D eigenvalue weighted by molar-refractivity contribution is -0.870. The number of rotatable bonds is 6. The number of nitrogens with one attached hydrogen (secondary N) is 1. The highest BCUT2D eigenvalue weighted by Crippen LogP contribution is 2.15. The van der Waals surface area contributed by atoms with Crippen molar-refractivity contribution in [2.45, 2.75) is 6.42 Å². The predicted octanol–water partition coefficient (Wildman–Crippen LogP) is 1.19. The van der Waals surface area contributed by atoms with Gasteiger partial charge in [0.25, 0.3) is 5.91 Å². The first-order valence-corrected chi connectivity index (χ1v) is 6.57. The second-order valence-electron chi connectivity index (χ2n) is 5.81. The van der Waals surface area contributed by atoms with Crippen molar-refractivity contribution in [3.8, 4) is 0 Å². The lowest BCUT2D eigenvalue weighted by atomic mass is 10.1. The van der Waals surface area contributed by atoms with E-state index >= 15 is 0 Å². The highest BCUT2D eigenvalue weighted by Gasteiger charge is 2.13. The second-order valence-corrected chi connectivity index (χ2v) is 5.81. The number of nitrogens with zero attached hydrogens (tertiary/aromatic N) is 3. The van der Waals surface area contributed by atoms with E-state index < -0.39 is 0 Å². The third-order valence-electron chi connectivity index (χ3n) is 2.91. The van der Waals surface area contributed by atoms with E-state index in [1.807, 2.05) is 0 Å². The minimum Gasteiger partial charge on any atom is -0.352 e. The van der Waals surface area contributed by atoms with E-state index in [4.69, 9.17) is 0 Å². The Morgan fingerprint density at radius 3 is 2.65 bits per heavy atom. The van der Waals surface area contributed by atoms with Gasteiger partial charge in [0, 0.05) is 26.2 Å². The molecular formula is C14H23N4O2+. The first kappa shape index (κ1) is 16.1. The van der Waals surface area contributed by atoms with E-state index in [0.29, 0.717) is 17.8 Å². The van der Waals surface area contributed by atoms with Crippen LogP contribution in [0.15, 0.2) is 41.0 Å². The van der Waals surface area contributed by atoms with Crippen molar-refractivity contribution < 1.29 is 9.28 Å². The van der Waals surface area contributed by atoms with Crippen LogP contribution in [0.2, 0.25) is 0 Å². The SMILES string of the molecule is CN1C=C(C(=O)NCCC[N+](C)(C)C)C=CC1=CN=O. The zero-order valence-electron chi connectivity index (χ0n) is 12.6. The van der Waals surface area contributed by atoms with E-state index in [9.17, 15) is 9.70 Å². The first-order chi connectivity index (χ1) is 9.33. The molecule has 1 N–H and O–H groups in total. The van der Waals surface area contributed by atoms with Crippen LogP contribution < -0.4 is 5.32 Å². The Hall–Kier alpha value is -1.95. The van der Waals surface area contributed by atoms with Crippen LogP contribution in [-0.2, 0) is 4.79 Å². The van der Waals surface area contributed by atoms with Crippen LogP contribution in [0.1, 0.15) is 6.42 Å². The molecule has 0 aromatic rings. The van der Waals surface area contributed by atoms with Gasteiger partial charge in [-0.05, 0) is 17.3 Å². The number of quaternary nitrogens is 1. The van der Waals surface area contributed by atoms with Gasteiger partial charge in [-0.1, -0.05) is 0 Å². The Bertz CT molecular complexity index is 458. The van der Waals surface area contributed by atoms with Gasteiger partial charge in [0.2, 0.25) is 0 Å². The summed E-state index contributed by atoms with van der Waals surface area (Å²) in [6, 6.07) is 0. The summed E-state index contributed by atoms with van der Waals surface area (Å²) in [7, 11) is 8.14. The Morgan fingerprint density at radius 2 is 2.10 bits per heavy atom. The standard InChI is InChI=1S/C14H22N4O2/c1-17-11-12(6-7-13(17)10-16-20)14(19)15-8-5-9-18(2,3)4/h6-7,10-11H,5,8-9H2,1-4H3/p+1. The number of carbonyl (C=O) groups excluding carboxylic acids is 1. The molecule has 0 saturated carbocycles. The van der Waals surface area contributed by atoms with E-state index in [0.717, 1.165) is 17.4 Å². The van der Waals surface area contributed by atoms with Gasteiger partial charge < -0.3 is 14.7 Å². The smallest absolute Gasteiger partial charge is 0.252 e.